The van der Waals surface area contributed by atoms with Crippen molar-refractivity contribution in [3.8, 4) is 0 Å². The van der Waals surface area contributed by atoms with Gasteiger partial charge in [-0.25, -0.2) is 18.4 Å². The molecule has 0 aliphatic carbocycles. The molecule has 0 bridgehead atoms. The monoisotopic (exact) mass is 320 g/mol. The molecule has 0 fully saturated rings. The van der Waals surface area contributed by atoms with E-state index >= 15 is 0 Å². The summed E-state index contributed by atoms with van der Waals surface area (Å²) in [6, 6.07) is 0. The van der Waals surface area contributed by atoms with Crippen LogP contribution in [0, 0.1) is 0 Å². The van der Waals surface area contributed by atoms with E-state index in [0.29, 0.717) is 12.3 Å². The zero-order chi connectivity index (χ0) is 12.6. The Labute approximate surface area is 156 Å². The molecule has 0 N–H and O–H groups in total. The van der Waals surface area contributed by atoms with Gasteiger partial charge in [-0.15, -0.1) is 0 Å². The summed E-state index contributed by atoms with van der Waals surface area (Å²) in [6.45, 7) is 0.634. The molecule has 12 heteroatoms. The van der Waals surface area contributed by atoms with E-state index < -0.39 is 15.9 Å². The maximum atomic E-state index is 10.4. The maximum Gasteiger partial charge on any atom is 1.00 e. The number of hydrogen-bond acceptors (Lipinski definition) is 9. The first-order valence-electron chi connectivity index (χ1n) is 4.30. The first-order valence-corrected chi connectivity index (χ1v) is 6.79. The third-order valence-electron chi connectivity index (χ3n) is 1.82. The van der Waals surface area contributed by atoms with Crippen molar-refractivity contribution in [1.29, 1.82) is 0 Å². The SMILES string of the molecule is CN(CCSOO[O-])N(C)CCS(=O)(=O)[O-].[Na+].[Na+]. The van der Waals surface area contributed by atoms with Crippen molar-refractivity contribution in [2.45, 2.75) is 0 Å². The van der Waals surface area contributed by atoms with Gasteiger partial charge >= 0.3 is 59.1 Å². The van der Waals surface area contributed by atoms with E-state index in [1.165, 1.54) is 0 Å². The van der Waals surface area contributed by atoms with Crippen LogP contribution in [0.4, 0.5) is 0 Å². The van der Waals surface area contributed by atoms with Crippen molar-refractivity contribution in [3.63, 3.8) is 0 Å². The molecule has 0 saturated heterocycles. The maximum absolute atomic E-state index is 10.4. The first-order chi connectivity index (χ1) is 7.37. The van der Waals surface area contributed by atoms with Gasteiger partial charge in [-0.1, -0.05) is 0 Å². The van der Waals surface area contributed by atoms with Crippen LogP contribution in [0.15, 0.2) is 0 Å². The van der Waals surface area contributed by atoms with Crippen molar-refractivity contribution < 1.29 is 86.7 Å². The van der Waals surface area contributed by atoms with Gasteiger partial charge in [0.25, 0.3) is 0 Å². The van der Waals surface area contributed by atoms with Crippen LogP contribution in [0.5, 0.6) is 0 Å². The second kappa shape index (κ2) is 14.0. The predicted molar refractivity (Wildman–Crippen MR) is 54.5 cm³/mol. The summed E-state index contributed by atoms with van der Waals surface area (Å²) in [4.78, 5) is 0. The molecular weight excluding hydrogens is 306 g/mol. The number of nitrogens with zero attached hydrogens (tertiary/aromatic N) is 2. The first kappa shape index (κ1) is 25.0. The van der Waals surface area contributed by atoms with E-state index in [0.717, 1.165) is 12.0 Å². The summed E-state index contributed by atoms with van der Waals surface area (Å²) in [6.07, 6.45) is 0. The molecule has 18 heavy (non-hydrogen) atoms. The van der Waals surface area contributed by atoms with Crippen LogP contribution in [0.2, 0.25) is 0 Å². The summed E-state index contributed by atoms with van der Waals surface area (Å²) in [7, 11) is -0.820. The topological polar surface area (TPSA) is 105 Å². The van der Waals surface area contributed by atoms with E-state index in [4.69, 9.17) is 0 Å². The molecule has 98 valence electrons. The second-order valence-corrected chi connectivity index (χ2v) is 5.29. The Morgan fingerprint density at radius 3 is 2.11 bits per heavy atom. The Hall–Kier alpha value is 2.06. The fourth-order valence-electron chi connectivity index (χ4n) is 0.808. The van der Waals surface area contributed by atoms with E-state index in [-0.39, 0.29) is 65.7 Å². The predicted octanol–water partition coefficient (Wildman–Crippen LogP) is -7.81. The van der Waals surface area contributed by atoms with Crippen molar-refractivity contribution in [2.24, 2.45) is 0 Å². The fourth-order valence-corrected chi connectivity index (χ4v) is 1.74. The molecule has 0 aliphatic heterocycles. The summed E-state index contributed by atoms with van der Waals surface area (Å²) >= 11 is 0.840. The van der Waals surface area contributed by atoms with E-state index in [1.807, 2.05) is 0 Å². The van der Waals surface area contributed by atoms with Crippen LogP contribution in [0.3, 0.4) is 0 Å². The smallest absolute Gasteiger partial charge is 0.748 e. The minimum Gasteiger partial charge on any atom is -0.748 e. The summed E-state index contributed by atoms with van der Waals surface area (Å²) in [5.74, 6) is 0.0222. The van der Waals surface area contributed by atoms with Gasteiger partial charge in [0.05, 0.1) is 15.9 Å². The molecule has 0 saturated carbocycles. The third kappa shape index (κ3) is 16.1. The van der Waals surface area contributed by atoms with Gasteiger partial charge in [0.15, 0.2) is 0 Å². The van der Waals surface area contributed by atoms with Crippen LogP contribution in [-0.4, -0.2) is 61.7 Å². The summed E-state index contributed by atoms with van der Waals surface area (Å²) < 4.78 is 35.2. The number of hydrazine groups is 1. The Balaban J connectivity index is -0.00000112. The molecule has 0 spiro atoms. The molecule has 0 unspecified atom stereocenters. The Bertz CT molecular complexity index is 281. The van der Waals surface area contributed by atoms with Crippen LogP contribution in [-0.2, 0) is 19.5 Å². The quantitative estimate of drug-likeness (QED) is 0.102. The molecule has 0 atom stereocenters. The van der Waals surface area contributed by atoms with Gasteiger partial charge in [-0.2, -0.15) is 4.33 Å². The average molecular weight is 320 g/mol. The van der Waals surface area contributed by atoms with Gasteiger partial charge in [-0.3, -0.25) is 5.04 Å². The minimum atomic E-state index is -4.19. The largest absolute Gasteiger partial charge is 1.00 e. The fraction of sp³-hybridized carbons (Fsp3) is 1.00. The Morgan fingerprint density at radius 2 is 1.67 bits per heavy atom. The van der Waals surface area contributed by atoms with Gasteiger partial charge in [0, 0.05) is 45.0 Å². The minimum absolute atomic E-state index is 0. The molecule has 0 radical (unpaired) electrons. The molecule has 0 amide bonds. The Kier molecular flexibility index (Phi) is 19.5. The molecule has 0 rings (SSSR count). The normalized spacial score (nSPS) is 11.2. The third-order valence-corrected chi connectivity index (χ3v) is 3.01. The van der Waals surface area contributed by atoms with Gasteiger partial charge in [0.1, 0.15) is 0 Å². The van der Waals surface area contributed by atoms with Crippen molar-refractivity contribution in [1.82, 2.24) is 10.0 Å². The van der Waals surface area contributed by atoms with Crippen LogP contribution < -0.4 is 64.4 Å². The molecule has 0 aromatic rings. The average Bonchev–Trinajstić information content (AvgIpc) is 2.19. The summed E-state index contributed by atoms with van der Waals surface area (Å²) in [5, 5.41) is 15.9. The summed E-state index contributed by atoms with van der Waals surface area (Å²) in [5.41, 5.74) is 0. The molecule has 0 aromatic carbocycles. The number of rotatable bonds is 9. The zero-order valence-electron chi connectivity index (χ0n) is 11.0. The van der Waals surface area contributed by atoms with E-state index in [1.54, 1.807) is 24.1 Å². The standard InChI is InChI=1S/C6H16N2O6S2.2Na/c1-7(3-5-15-14-13-9)8(2)4-6-16(10,11)12;;/h9H,3-6H2,1-2H3,(H,10,11,12);;/q;2*+1/p-2. The molecule has 0 aliphatic rings. The van der Waals surface area contributed by atoms with Crippen LogP contribution >= 0.6 is 12.0 Å². The van der Waals surface area contributed by atoms with E-state index in [9.17, 15) is 18.2 Å². The van der Waals surface area contributed by atoms with Crippen LogP contribution in [0.25, 0.3) is 0 Å². The molecular formula is C6H14N2Na2O6S2. The second-order valence-electron chi connectivity index (χ2n) is 2.98. The van der Waals surface area contributed by atoms with Gasteiger partial charge < -0.3 is 9.81 Å². The van der Waals surface area contributed by atoms with Crippen molar-refractivity contribution >= 4 is 22.2 Å². The molecule has 0 aromatic heterocycles. The van der Waals surface area contributed by atoms with Gasteiger partial charge in [-0.05, 0) is 0 Å². The molecule has 0 heterocycles. The Morgan fingerprint density at radius 1 is 1.17 bits per heavy atom. The molecule has 8 nitrogen and oxygen atoms in total. The van der Waals surface area contributed by atoms with Crippen LogP contribution in [0.1, 0.15) is 0 Å². The number of hydrogen-bond donors (Lipinski definition) is 0. The van der Waals surface area contributed by atoms with Crippen molar-refractivity contribution in [2.75, 3.05) is 38.7 Å². The van der Waals surface area contributed by atoms with E-state index in [2.05, 4.69) is 9.37 Å². The van der Waals surface area contributed by atoms with Gasteiger partial charge in [0.2, 0.25) is 0 Å². The van der Waals surface area contributed by atoms with Crippen molar-refractivity contribution in [3.05, 3.63) is 0 Å². The zero-order valence-corrected chi connectivity index (χ0v) is 16.6.